The molecule has 2 aliphatic rings. The van der Waals surface area contributed by atoms with Crippen molar-refractivity contribution >= 4 is 11.9 Å². The minimum Gasteiger partial charge on any atom is -0.480 e. The zero-order chi connectivity index (χ0) is 18.2. The van der Waals surface area contributed by atoms with Crippen LogP contribution >= 0.6 is 0 Å². The van der Waals surface area contributed by atoms with Crippen LogP contribution in [-0.2, 0) is 4.74 Å². The van der Waals surface area contributed by atoms with Gasteiger partial charge in [0.05, 0.1) is 19.0 Å². The Labute approximate surface area is 149 Å². The van der Waals surface area contributed by atoms with Crippen LogP contribution in [0.4, 0.5) is 10.6 Å². The Kier molecular flexibility index (Phi) is 4.75. The molecule has 0 radical (unpaired) electrons. The Morgan fingerprint density at radius 1 is 1.28 bits per heavy atom. The van der Waals surface area contributed by atoms with Crippen LogP contribution in [0.5, 0.6) is 5.88 Å². The van der Waals surface area contributed by atoms with E-state index in [9.17, 15) is 4.79 Å². The lowest BCUT2D eigenvalue weighted by atomic mass is 10.1. The van der Waals surface area contributed by atoms with E-state index in [2.05, 4.69) is 14.9 Å². The van der Waals surface area contributed by atoms with Crippen LogP contribution < -0.4 is 9.64 Å². The third-order valence-electron chi connectivity index (χ3n) is 4.49. The fraction of sp³-hybridized carbons (Fsp3) is 0.722. The number of rotatable bonds is 3. The van der Waals surface area contributed by atoms with Crippen LogP contribution in [0, 0.1) is 0 Å². The van der Waals surface area contributed by atoms with E-state index in [4.69, 9.17) is 9.47 Å². The van der Waals surface area contributed by atoms with Crippen LogP contribution in [0.2, 0.25) is 0 Å². The molecule has 0 unspecified atom stereocenters. The highest BCUT2D eigenvalue weighted by Gasteiger charge is 2.35. The summed E-state index contributed by atoms with van der Waals surface area (Å²) in [5.41, 5.74) is 0.574. The number of hydrogen-bond acceptors (Lipinski definition) is 6. The quantitative estimate of drug-likeness (QED) is 0.837. The number of ether oxygens (including phenoxy) is 2. The fourth-order valence-corrected chi connectivity index (χ4v) is 3.09. The van der Waals surface area contributed by atoms with Gasteiger partial charge in [0, 0.05) is 31.6 Å². The Hall–Kier alpha value is -2.05. The molecule has 2 heterocycles. The zero-order valence-corrected chi connectivity index (χ0v) is 15.8. The molecule has 7 nitrogen and oxygen atoms in total. The minimum absolute atomic E-state index is 0.0451. The Balaban J connectivity index is 1.74. The van der Waals surface area contributed by atoms with Gasteiger partial charge in [0.1, 0.15) is 5.60 Å². The molecule has 0 N–H and O–H groups in total. The van der Waals surface area contributed by atoms with Gasteiger partial charge in [0.25, 0.3) is 0 Å². The summed E-state index contributed by atoms with van der Waals surface area (Å²) >= 11 is 0. The highest BCUT2D eigenvalue weighted by Crippen LogP contribution is 2.43. The standard InChI is InChI=1S/C18H28N4O3/c1-12-11-21(8-9-22(12)17(23)25-18(2,3)4)16-15(13-6-7-13)19-10-14(20-16)24-5/h10,12-13H,6-9,11H2,1-5H3/t12-/m1/s1. The average Bonchev–Trinajstić information content (AvgIpc) is 3.37. The molecule has 1 aromatic rings. The maximum absolute atomic E-state index is 12.4. The summed E-state index contributed by atoms with van der Waals surface area (Å²) in [6.45, 7) is 9.74. The number of aromatic nitrogens is 2. The van der Waals surface area contributed by atoms with E-state index in [1.54, 1.807) is 18.2 Å². The van der Waals surface area contributed by atoms with Gasteiger partial charge >= 0.3 is 6.09 Å². The molecule has 0 aromatic carbocycles. The number of amides is 1. The number of nitrogens with zero attached hydrogens (tertiary/aromatic N) is 4. The smallest absolute Gasteiger partial charge is 0.410 e. The molecule has 138 valence electrons. The predicted octanol–water partition coefficient (Wildman–Crippen LogP) is 2.81. The second-order valence-electron chi connectivity index (χ2n) is 7.86. The third-order valence-corrected chi connectivity index (χ3v) is 4.49. The van der Waals surface area contributed by atoms with Crippen LogP contribution in [0.15, 0.2) is 6.20 Å². The summed E-state index contributed by atoms with van der Waals surface area (Å²) in [6, 6.07) is 0.0451. The Bertz CT molecular complexity index is 640. The summed E-state index contributed by atoms with van der Waals surface area (Å²) in [5.74, 6) is 1.94. The van der Waals surface area contributed by atoms with Gasteiger partial charge < -0.3 is 19.3 Å². The van der Waals surface area contributed by atoms with E-state index < -0.39 is 5.60 Å². The van der Waals surface area contributed by atoms with Crippen molar-refractivity contribution in [2.45, 2.75) is 58.1 Å². The maximum atomic E-state index is 12.4. The Morgan fingerprint density at radius 2 is 2.00 bits per heavy atom. The van der Waals surface area contributed by atoms with Crippen LogP contribution in [-0.4, -0.2) is 59.3 Å². The number of methoxy groups -OCH3 is 1. The SMILES string of the molecule is COc1cnc(C2CC2)c(N2CCN(C(=O)OC(C)(C)C)[C@H](C)C2)n1. The van der Waals surface area contributed by atoms with Crippen LogP contribution in [0.1, 0.15) is 52.1 Å². The molecular weight excluding hydrogens is 320 g/mol. The minimum atomic E-state index is -0.481. The lowest BCUT2D eigenvalue weighted by Crippen LogP contribution is -2.55. The number of carbonyl (C=O) groups excluding carboxylic acids is 1. The molecule has 1 atom stereocenters. The molecular formula is C18H28N4O3. The van der Waals surface area contributed by atoms with Gasteiger partial charge in [0.15, 0.2) is 5.82 Å². The van der Waals surface area contributed by atoms with Crippen molar-refractivity contribution in [1.29, 1.82) is 0 Å². The molecule has 1 aromatic heterocycles. The molecule has 3 rings (SSSR count). The first-order valence-electron chi connectivity index (χ1n) is 8.94. The van der Waals surface area contributed by atoms with Crippen molar-refractivity contribution in [1.82, 2.24) is 14.9 Å². The molecule has 1 aliphatic carbocycles. The van der Waals surface area contributed by atoms with E-state index in [1.165, 1.54) is 12.8 Å². The van der Waals surface area contributed by atoms with E-state index in [-0.39, 0.29) is 12.1 Å². The molecule has 2 fully saturated rings. The second-order valence-corrected chi connectivity index (χ2v) is 7.86. The van der Waals surface area contributed by atoms with Gasteiger partial charge in [-0.3, -0.25) is 4.98 Å². The van der Waals surface area contributed by atoms with Gasteiger partial charge in [-0.25, -0.2) is 4.79 Å². The van der Waals surface area contributed by atoms with Crippen molar-refractivity contribution in [3.05, 3.63) is 11.9 Å². The van der Waals surface area contributed by atoms with Crippen molar-refractivity contribution in [2.75, 3.05) is 31.6 Å². The molecule has 25 heavy (non-hydrogen) atoms. The van der Waals surface area contributed by atoms with Gasteiger partial charge in [-0.05, 0) is 40.5 Å². The summed E-state index contributed by atoms with van der Waals surface area (Å²) < 4.78 is 10.8. The first kappa shape index (κ1) is 17.8. The van der Waals surface area contributed by atoms with E-state index >= 15 is 0 Å². The van der Waals surface area contributed by atoms with Gasteiger partial charge in [-0.2, -0.15) is 4.98 Å². The molecule has 1 aliphatic heterocycles. The lowest BCUT2D eigenvalue weighted by molar-refractivity contribution is 0.0158. The van der Waals surface area contributed by atoms with E-state index in [1.807, 2.05) is 27.7 Å². The normalized spacial score (nSPS) is 21.2. The summed E-state index contributed by atoms with van der Waals surface area (Å²) in [6.07, 6.45) is 3.78. The van der Waals surface area contributed by atoms with Gasteiger partial charge in [-0.15, -0.1) is 0 Å². The highest BCUT2D eigenvalue weighted by atomic mass is 16.6. The van der Waals surface area contributed by atoms with Gasteiger partial charge in [0.2, 0.25) is 5.88 Å². The Morgan fingerprint density at radius 3 is 2.56 bits per heavy atom. The molecule has 1 saturated heterocycles. The first-order valence-corrected chi connectivity index (χ1v) is 8.94. The molecule has 0 spiro atoms. The summed E-state index contributed by atoms with van der Waals surface area (Å²) in [4.78, 5) is 25.6. The highest BCUT2D eigenvalue weighted by molar-refractivity contribution is 5.69. The topological polar surface area (TPSA) is 67.8 Å². The molecule has 0 bridgehead atoms. The summed E-state index contributed by atoms with van der Waals surface area (Å²) in [7, 11) is 1.60. The monoisotopic (exact) mass is 348 g/mol. The number of anilines is 1. The van der Waals surface area contributed by atoms with Crippen molar-refractivity contribution < 1.29 is 14.3 Å². The summed E-state index contributed by atoms with van der Waals surface area (Å²) in [5, 5.41) is 0. The lowest BCUT2D eigenvalue weighted by Gasteiger charge is -2.41. The maximum Gasteiger partial charge on any atom is 0.410 e. The molecule has 1 saturated carbocycles. The van der Waals surface area contributed by atoms with E-state index in [0.717, 1.165) is 11.5 Å². The molecule has 1 amide bonds. The fourth-order valence-electron chi connectivity index (χ4n) is 3.09. The van der Waals surface area contributed by atoms with Crippen molar-refractivity contribution in [2.24, 2.45) is 0 Å². The van der Waals surface area contributed by atoms with Crippen molar-refractivity contribution in [3.63, 3.8) is 0 Å². The van der Waals surface area contributed by atoms with Crippen molar-refractivity contribution in [3.8, 4) is 5.88 Å². The van der Waals surface area contributed by atoms with Crippen LogP contribution in [0.25, 0.3) is 0 Å². The van der Waals surface area contributed by atoms with E-state index in [0.29, 0.717) is 31.4 Å². The predicted molar refractivity (Wildman–Crippen MR) is 95.2 cm³/mol. The number of carbonyl (C=O) groups is 1. The third kappa shape index (κ3) is 4.14. The average molecular weight is 348 g/mol. The van der Waals surface area contributed by atoms with Crippen LogP contribution in [0.3, 0.4) is 0 Å². The second kappa shape index (κ2) is 6.69. The zero-order valence-electron chi connectivity index (χ0n) is 15.8. The van der Waals surface area contributed by atoms with Gasteiger partial charge in [-0.1, -0.05) is 0 Å². The first-order chi connectivity index (χ1) is 11.8. The number of piperazine rings is 1. The molecule has 7 heteroatoms. The largest absolute Gasteiger partial charge is 0.480 e. The number of hydrogen-bond donors (Lipinski definition) is 0.